The van der Waals surface area contributed by atoms with Crippen molar-refractivity contribution in [2.75, 3.05) is 18.4 Å². The first-order valence-corrected chi connectivity index (χ1v) is 8.74. The van der Waals surface area contributed by atoms with Crippen molar-refractivity contribution in [1.82, 2.24) is 9.88 Å². The number of ether oxygens (including phenoxy) is 1. The van der Waals surface area contributed by atoms with Gasteiger partial charge in [-0.05, 0) is 39.7 Å². The van der Waals surface area contributed by atoms with Gasteiger partial charge in [-0.15, -0.1) is 0 Å². The van der Waals surface area contributed by atoms with Crippen molar-refractivity contribution in [1.29, 1.82) is 0 Å². The molecule has 26 heavy (non-hydrogen) atoms. The molecule has 1 aliphatic rings. The molecular weight excluding hydrogens is 336 g/mol. The summed E-state index contributed by atoms with van der Waals surface area (Å²) in [6.45, 7) is 12.4. The van der Waals surface area contributed by atoms with E-state index in [1.54, 1.807) is 18.0 Å². The zero-order valence-electron chi connectivity index (χ0n) is 16.3. The van der Waals surface area contributed by atoms with Gasteiger partial charge < -0.3 is 15.0 Å². The molecule has 2 heterocycles. The molecule has 1 aromatic heterocycles. The summed E-state index contributed by atoms with van der Waals surface area (Å²) >= 11 is 0. The highest BCUT2D eigenvalue weighted by Crippen LogP contribution is 2.34. The Hall–Kier alpha value is -2.38. The summed E-state index contributed by atoms with van der Waals surface area (Å²) in [5.41, 5.74) is -0.130. The lowest BCUT2D eigenvalue weighted by molar-refractivity contribution is -0.384. The molecule has 8 heteroatoms. The number of nitro groups is 1. The number of amides is 1. The lowest BCUT2D eigenvalue weighted by Gasteiger charge is -2.44. The van der Waals surface area contributed by atoms with E-state index in [9.17, 15) is 14.9 Å². The number of hydrogen-bond donors (Lipinski definition) is 1. The van der Waals surface area contributed by atoms with Gasteiger partial charge in [0.15, 0.2) is 0 Å². The van der Waals surface area contributed by atoms with Crippen LogP contribution in [0.2, 0.25) is 0 Å². The smallest absolute Gasteiger partial charge is 0.410 e. The van der Waals surface area contributed by atoms with Crippen molar-refractivity contribution < 1.29 is 14.5 Å². The van der Waals surface area contributed by atoms with Crippen LogP contribution in [0.5, 0.6) is 0 Å². The van der Waals surface area contributed by atoms with Crippen LogP contribution in [0, 0.1) is 22.5 Å². The van der Waals surface area contributed by atoms with Crippen molar-refractivity contribution in [3.05, 3.63) is 27.9 Å². The topological polar surface area (TPSA) is 97.6 Å². The van der Waals surface area contributed by atoms with Crippen LogP contribution in [0.3, 0.4) is 0 Å². The number of aromatic nitrogens is 1. The van der Waals surface area contributed by atoms with E-state index in [4.69, 9.17) is 4.74 Å². The third kappa shape index (κ3) is 4.83. The van der Waals surface area contributed by atoms with Gasteiger partial charge in [0.05, 0.1) is 4.92 Å². The molecular formula is C18H28N4O4. The Balaban J connectivity index is 2.12. The molecule has 1 fully saturated rings. The summed E-state index contributed by atoms with van der Waals surface area (Å²) in [5, 5.41) is 14.5. The molecule has 0 radical (unpaired) electrons. The molecule has 1 amide bonds. The number of likely N-dealkylation sites (tertiary alicyclic amines) is 1. The molecule has 0 saturated carbocycles. The molecule has 0 spiro atoms. The average molecular weight is 364 g/mol. The normalized spacial score (nSPS) is 19.8. The number of hydrogen-bond acceptors (Lipinski definition) is 6. The van der Waals surface area contributed by atoms with Crippen LogP contribution < -0.4 is 5.32 Å². The van der Waals surface area contributed by atoms with E-state index < -0.39 is 10.5 Å². The fourth-order valence-corrected chi connectivity index (χ4v) is 3.08. The van der Waals surface area contributed by atoms with Crippen LogP contribution in [0.4, 0.5) is 16.3 Å². The Labute approximate surface area is 154 Å². The van der Waals surface area contributed by atoms with E-state index in [-0.39, 0.29) is 29.1 Å². The van der Waals surface area contributed by atoms with Gasteiger partial charge in [-0.3, -0.25) is 10.1 Å². The second kappa shape index (κ2) is 7.09. The zero-order chi connectivity index (χ0) is 19.7. The maximum Gasteiger partial charge on any atom is 0.410 e. The van der Waals surface area contributed by atoms with Gasteiger partial charge in [-0.2, -0.15) is 0 Å². The molecule has 1 N–H and O–H groups in total. The van der Waals surface area contributed by atoms with Crippen molar-refractivity contribution in [2.45, 2.75) is 59.6 Å². The van der Waals surface area contributed by atoms with Crippen LogP contribution in [-0.2, 0) is 4.74 Å². The minimum Gasteiger partial charge on any atom is -0.444 e. The second-order valence-corrected chi connectivity index (χ2v) is 8.51. The van der Waals surface area contributed by atoms with Crippen LogP contribution >= 0.6 is 0 Å². The van der Waals surface area contributed by atoms with Crippen LogP contribution in [0.15, 0.2) is 12.3 Å². The number of pyridine rings is 1. The van der Waals surface area contributed by atoms with Crippen molar-refractivity contribution in [3.8, 4) is 0 Å². The molecule has 0 bridgehead atoms. The summed E-state index contributed by atoms with van der Waals surface area (Å²) in [6.07, 6.45) is 1.93. The molecule has 0 aromatic carbocycles. The van der Waals surface area contributed by atoms with E-state index in [2.05, 4.69) is 10.3 Å². The summed E-state index contributed by atoms with van der Waals surface area (Å²) in [4.78, 5) is 29.1. The van der Waals surface area contributed by atoms with Gasteiger partial charge in [0.1, 0.15) is 5.60 Å². The van der Waals surface area contributed by atoms with Crippen molar-refractivity contribution in [2.24, 2.45) is 5.41 Å². The number of nitrogens with zero attached hydrogens (tertiary/aromatic N) is 3. The molecule has 1 aliphatic heterocycles. The third-order valence-corrected chi connectivity index (χ3v) is 4.39. The summed E-state index contributed by atoms with van der Waals surface area (Å²) in [6, 6.07) is 1.47. The average Bonchev–Trinajstić information content (AvgIpc) is 2.48. The van der Waals surface area contributed by atoms with Gasteiger partial charge in [0, 0.05) is 36.8 Å². The molecule has 144 valence electrons. The minimum atomic E-state index is -0.539. The van der Waals surface area contributed by atoms with Gasteiger partial charge in [-0.25, -0.2) is 9.78 Å². The Kier molecular flexibility index (Phi) is 5.44. The number of piperidine rings is 1. The Morgan fingerprint density at radius 2 is 2.12 bits per heavy atom. The van der Waals surface area contributed by atoms with Crippen LogP contribution in [0.1, 0.15) is 46.6 Å². The first-order valence-electron chi connectivity index (χ1n) is 8.74. The fraction of sp³-hybridized carbons (Fsp3) is 0.667. The SMILES string of the molecule is Cc1cnc(NC2CCN(C(=O)OC(C)(C)C)CC2(C)C)c([N+](=O)[O-])c1. The lowest BCUT2D eigenvalue weighted by atomic mass is 9.79. The Morgan fingerprint density at radius 3 is 2.65 bits per heavy atom. The van der Waals surface area contributed by atoms with E-state index in [1.165, 1.54) is 6.07 Å². The summed E-state index contributed by atoms with van der Waals surface area (Å²) < 4.78 is 5.45. The van der Waals surface area contributed by atoms with E-state index >= 15 is 0 Å². The summed E-state index contributed by atoms with van der Waals surface area (Å²) in [7, 11) is 0. The molecule has 2 rings (SSSR count). The highest BCUT2D eigenvalue weighted by molar-refractivity contribution is 5.68. The van der Waals surface area contributed by atoms with Gasteiger partial charge >= 0.3 is 11.8 Å². The molecule has 1 atom stereocenters. The van der Waals surface area contributed by atoms with Crippen molar-refractivity contribution >= 4 is 17.6 Å². The standard InChI is InChI=1S/C18H28N4O4/c1-12-9-13(22(24)25)15(19-10-12)20-14-7-8-21(11-18(14,5)6)16(23)26-17(2,3)4/h9-10,14H,7-8,11H2,1-6H3,(H,19,20). The van der Waals surface area contributed by atoms with E-state index in [0.29, 0.717) is 19.5 Å². The fourth-order valence-electron chi connectivity index (χ4n) is 3.08. The first kappa shape index (κ1) is 19.9. The number of carbonyl (C=O) groups excluding carboxylic acids is 1. The Morgan fingerprint density at radius 1 is 1.46 bits per heavy atom. The third-order valence-electron chi connectivity index (χ3n) is 4.39. The minimum absolute atomic E-state index is 0.0321. The monoisotopic (exact) mass is 364 g/mol. The maximum atomic E-state index is 12.3. The number of anilines is 1. The van der Waals surface area contributed by atoms with Gasteiger partial charge in [0.2, 0.25) is 5.82 Å². The lowest BCUT2D eigenvalue weighted by Crippen LogP contribution is -2.54. The molecule has 0 aliphatic carbocycles. The number of rotatable bonds is 3. The highest BCUT2D eigenvalue weighted by atomic mass is 16.6. The van der Waals surface area contributed by atoms with E-state index in [0.717, 1.165) is 5.56 Å². The van der Waals surface area contributed by atoms with E-state index in [1.807, 2.05) is 34.6 Å². The van der Waals surface area contributed by atoms with Gasteiger partial charge in [-0.1, -0.05) is 13.8 Å². The zero-order valence-corrected chi connectivity index (χ0v) is 16.3. The number of nitrogens with one attached hydrogen (secondary N) is 1. The summed E-state index contributed by atoms with van der Waals surface area (Å²) in [5.74, 6) is 0.268. The maximum absolute atomic E-state index is 12.3. The molecule has 1 saturated heterocycles. The first-order chi connectivity index (χ1) is 11.9. The molecule has 1 unspecified atom stereocenters. The van der Waals surface area contributed by atoms with Crippen LogP contribution in [-0.4, -0.2) is 45.6 Å². The number of carbonyl (C=O) groups is 1. The Bertz CT molecular complexity index is 697. The second-order valence-electron chi connectivity index (χ2n) is 8.51. The predicted molar refractivity (Wildman–Crippen MR) is 99.2 cm³/mol. The van der Waals surface area contributed by atoms with Crippen molar-refractivity contribution in [3.63, 3.8) is 0 Å². The molecule has 1 aromatic rings. The number of aryl methyl sites for hydroxylation is 1. The molecule has 8 nitrogen and oxygen atoms in total. The predicted octanol–water partition coefficient (Wildman–Crippen LogP) is 3.75. The quantitative estimate of drug-likeness (QED) is 0.648. The van der Waals surface area contributed by atoms with Gasteiger partial charge in [0.25, 0.3) is 0 Å². The largest absolute Gasteiger partial charge is 0.444 e. The highest BCUT2D eigenvalue weighted by Gasteiger charge is 2.39. The van der Waals surface area contributed by atoms with Crippen LogP contribution in [0.25, 0.3) is 0 Å².